The van der Waals surface area contributed by atoms with Crippen LogP contribution >= 0.6 is 0 Å². The predicted molar refractivity (Wildman–Crippen MR) is 92.3 cm³/mol. The lowest BCUT2D eigenvalue weighted by atomic mass is 10.1. The Labute approximate surface area is 138 Å². The van der Waals surface area contributed by atoms with Gasteiger partial charge in [0.1, 0.15) is 0 Å². The van der Waals surface area contributed by atoms with E-state index in [1.165, 1.54) is 12.1 Å². The van der Waals surface area contributed by atoms with Crippen LogP contribution in [0.15, 0.2) is 58.5 Å². The summed E-state index contributed by atoms with van der Waals surface area (Å²) in [5, 5.41) is 18.4. The summed E-state index contributed by atoms with van der Waals surface area (Å²) in [6.45, 7) is 3.39. The summed E-state index contributed by atoms with van der Waals surface area (Å²) in [5.74, 6) is -2.12. The molecule has 0 aromatic heterocycles. The average molecular weight is 324 g/mol. The second-order valence-corrected chi connectivity index (χ2v) is 5.04. The van der Waals surface area contributed by atoms with Crippen molar-refractivity contribution < 1.29 is 19.8 Å². The minimum atomic E-state index is -1.06. The molecule has 0 fully saturated rings. The van der Waals surface area contributed by atoms with Gasteiger partial charge in [0.2, 0.25) is 0 Å². The molecule has 24 heavy (non-hydrogen) atoms. The molecule has 0 amide bonds. The number of nitrogens with zero attached hydrogens (tertiary/aromatic N) is 2. The first-order valence-electron chi connectivity index (χ1n) is 7.15. The Hall–Kier alpha value is -3.28. The third-order valence-corrected chi connectivity index (χ3v) is 3.37. The molecule has 2 aromatic rings. The summed E-state index contributed by atoms with van der Waals surface area (Å²) < 4.78 is 0. The maximum Gasteiger partial charge on any atom is 0.337 e. The molecule has 0 spiro atoms. The number of aliphatic imine (C=N–C) groups is 2. The van der Waals surface area contributed by atoms with Crippen molar-refractivity contribution in [1.29, 1.82) is 0 Å². The van der Waals surface area contributed by atoms with Crippen LogP contribution in [-0.4, -0.2) is 33.6 Å². The largest absolute Gasteiger partial charge is 0.478 e. The number of para-hydroxylation sites is 2. The molecule has 0 atom stereocenters. The molecule has 0 heterocycles. The first-order valence-corrected chi connectivity index (χ1v) is 7.15. The second-order valence-electron chi connectivity index (χ2n) is 5.04. The Morgan fingerprint density at radius 1 is 0.708 bits per heavy atom. The van der Waals surface area contributed by atoms with Crippen molar-refractivity contribution in [3.05, 3.63) is 59.7 Å². The quantitative estimate of drug-likeness (QED) is 0.813. The fraction of sp³-hybridized carbons (Fsp3) is 0.111. The van der Waals surface area contributed by atoms with Crippen molar-refractivity contribution in [1.82, 2.24) is 0 Å². The molecule has 6 nitrogen and oxygen atoms in total. The smallest absolute Gasteiger partial charge is 0.337 e. The minimum absolute atomic E-state index is 0.0931. The van der Waals surface area contributed by atoms with E-state index in [0.29, 0.717) is 22.8 Å². The molecule has 0 aliphatic rings. The second kappa shape index (κ2) is 7.32. The number of carboxylic acid groups (broad SMARTS) is 2. The zero-order chi connectivity index (χ0) is 17.7. The maximum absolute atomic E-state index is 11.2. The normalized spacial score (nSPS) is 12.1. The summed E-state index contributed by atoms with van der Waals surface area (Å²) in [4.78, 5) is 31.1. The summed E-state index contributed by atoms with van der Waals surface area (Å²) >= 11 is 0. The molecular weight excluding hydrogens is 308 g/mol. The van der Waals surface area contributed by atoms with E-state index in [0.717, 1.165) is 0 Å². The van der Waals surface area contributed by atoms with Crippen LogP contribution in [0.25, 0.3) is 0 Å². The lowest BCUT2D eigenvalue weighted by Gasteiger charge is -2.05. The van der Waals surface area contributed by atoms with Gasteiger partial charge in [0, 0.05) is 0 Å². The highest BCUT2D eigenvalue weighted by atomic mass is 16.4. The lowest BCUT2D eigenvalue weighted by molar-refractivity contribution is 0.0687. The van der Waals surface area contributed by atoms with Crippen LogP contribution in [0.3, 0.4) is 0 Å². The van der Waals surface area contributed by atoms with Gasteiger partial charge in [-0.2, -0.15) is 0 Å². The van der Waals surface area contributed by atoms with Gasteiger partial charge in [-0.15, -0.1) is 0 Å². The maximum atomic E-state index is 11.2. The van der Waals surface area contributed by atoms with Crippen molar-refractivity contribution >= 4 is 34.7 Å². The molecule has 0 unspecified atom stereocenters. The highest BCUT2D eigenvalue weighted by Gasteiger charge is 2.11. The van der Waals surface area contributed by atoms with Crippen molar-refractivity contribution in [3.63, 3.8) is 0 Å². The van der Waals surface area contributed by atoms with E-state index in [1.807, 2.05) is 0 Å². The van der Waals surface area contributed by atoms with Crippen LogP contribution in [0.1, 0.15) is 34.6 Å². The SMILES string of the molecule is CC(=Nc1ccccc1C(=O)O)C(C)=Nc1ccccc1C(=O)O. The van der Waals surface area contributed by atoms with Gasteiger partial charge in [0.25, 0.3) is 0 Å². The van der Waals surface area contributed by atoms with Crippen LogP contribution in [0.5, 0.6) is 0 Å². The first-order chi connectivity index (χ1) is 11.4. The monoisotopic (exact) mass is 324 g/mol. The highest BCUT2D eigenvalue weighted by molar-refractivity contribution is 6.41. The number of hydrogen-bond acceptors (Lipinski definition) is 4. The molecule has 2 N–H and O–H groups in total. The van der Waals surface area contributed by atoms with Gasteiger partial charge >= 0.3 is 11.9 Å². The van der Waals surface area contributed by atoms with Gasteiger partial charge in [0.15, 0.2) is 0 Å². The van der Waals surface area contributed by atoms with E-state index in [9.17, 15) is 19.8 Å². The molecule has 0 bridgehead atoms. The topological polar surface area (TPSA) is 99.3 Å². The number of hydrogen-bond donors (Lipinski definition) is 2. The van der Waals surface area contributed by atoms with Gasteiger partial charge in [-0.05, 0) is 38.1 Å². The van der Waals surface area contributed by atoms with E-state index in [-0.39, 0.29) is 11.1 Å². The van der Waals surface area contributed by atoms with Crippen molar-refractivity contribution in [2.75, 3.05) is 0 Å². The molecule has 0 radical (unpaired) electrons. The standard InChI is InChI=1S/C18H16N2O4/c1-11(19-15-9-5-3-7-13(15)17(21)22)12(2)20-16-10-6-4-8-14(16)18(23)24/h3-10H,1-2H3,(H,21,22)(H,23,24). The molecule has 6 heteroatoms. The number of benzene rings is 2. The number of carboxylic acids is 2. The number of rotatable bonds is 5. The number of carbonyl (C=O) groups is 2. The van der Waals surface area contributed by atoms with Crippen molar-refractivity contribution in [2.45, 2.75) is 13.8 Å². The summed E-state index contributed by atoms with van der Waals surface area (Å²) in [5.41, 5.74) is 1.84. The fourth-order valence-electron chi connectivity index (χ4n) is 2.03. The van der Waals surface area contributed by atoms with Gasteiger partial charge < -0.3 is 10.2 Å². The molecule has 0 aliphatic carbocycles. The third-order valence-electron chi connectivity index (χ3n) is 3.37. The zero-order valence-corrected chi connectivity index (χ0v) is 13.2. The van der Waals surface area contributed by atoms with E-state index in [4.69, 9.17) is 0 Å². The molecule has 2 aromatic carbocycles. The zero-order valence-electron chi connectivity index (χ0n) is 13.2. The van der Waals surface area contributed by atoms with Crippen LogP contribution in [0, 0.1) is 0 Å². The Morgan fingerprint density at radius 2 is 1.04 bits per heavy atom. The van der Waals surface area contributed by atoms with Crippen molar-refractivity contribution in [2.24, 2.45) is 9.98 Å². The van der Waals surface area contributed by atoms with Crippen LogP contribution in [0.4, 0.5) is 11.4 Å². The summed E-state index contributed by atoms with van der Waals surface area (Å²) in [6, 6.07) is 12.8. The van der Waals surface area contributed by atoms with Crippen LogP contribution in [0.2, 0.25) is 0 Å². The fourth-order valence-corrected chi connectivity index (χ4v) is 2.03. The van der Waals surface area contributed by atoms with Crippen molar-refractivity contribution in [3.8, 4) is 0 Å². The molecular formula is C18H16N2O4. The van der Waals surface area contributed by atoms with Crippen LogP contribution < -0.4 is 0 Å². The molecule has 0 aliphatic heterocycles. The summed E-state index contributed by atoms with van der Waals surface area (Å²) in [7, 11) is 0. The van der Waals surface area contributed by atoms with E-state index in [1.54, 1.807) is 50.2 Å². The molecule has 0 saturated carbocycles. The third kappa shape index (κ3) is 3.92. The molecule has 0 saturated heterocycles. The highest BCUT2D eigenvalue weighted by Crippen LogP contribution is 2.21. The van der Waals surface area contributed by atoms with E-state index < -0.39 is 11.9 Å². The number of aromatic carboxylic acids is 2. The van der Waals surface area contributed by atoms with Gasteiger partial charge in [-0.3, -0.25) is 9.98 Å². The van der Waals surface area contributed by atoms with Gasteiger partial charge in [0.05, 0.1) is 33.9 Å². The first kappa shape index (κ1) is 17.1. The predicted octanol–water partition coefficient (Wildman–Crippen LogP) is 3.97. The minimum Gasteiger partial charge on any atom is -0.478 e. The lowest BCUT2D eigenvalue weighted by Crippen LogP contribution is -2.06. The Kier molecular flexibility index (Phi) is 5.21. The summed E-state index contributed by atoms with van der Waals surface area (Å²) in [6.07, 6.45) is 0. The van der Waals surface area contributed by atoms with Gasteiger partial charge in [-0.1, -0.05) is 24.3 Å². The average Bonchev–Trinajstić information content (AvgIpc) is 2.55. The van der Waals surface area contributed by atoms with E-state index >= 15 is 0 Å². The van der Waals surface area contributed by atoms with Crippen LogP contribution in [-0.2, 0) is 0 Å². The Morgan fingerprint density at radius 3 is 1.38 bits per heavy atom. The Balaban J connectivity index is 2.42. The molecule has 2 rings (SSSR count). The molecule has 122 valence electrons. The Bertz CT molecular complexity index is 782. The van der Waals surface area contributed by atoms with E-state index in [2.05, 4.69) is 9.98 Å². The van der Waals surface area contributed by atoms with Gasteiger partial charge in [-0.25, -0.2) is 9.59 Å².